The second-order valence-corrected chi connectivity index (χ2v) is 6.86. The van der Waals surface area contributed by atoms with Crippen LogP contribution in [0, 0.1) is 0 Å². The molecule has 0 spiro atoms. The summed E-state index contributed by atoms with van der Waals surface area (Å²) >= 11 is 0. The van der Waals surface area contributed by atoms with Crippen LogP contribution in [0.1, 0.15) is 12.5 Å². The smallest absolute Gasteiger partial charge is 0.261 e. The van der Waals surface area contributed by atoms with Gasteiger partial charge < -0.3 is 5.32 Å². The molecule has 0 aliphatic carbocycles. The highest BCUT2D eigenvalue weighted by Crippen LogP contribution is 2.19. The van der Waals surface area contributed by atoms with Crippen molar-refractivity contribution >= 4 is 21.6 Å². The van der Waals surface area contributed by atoms with Crippen molar-refractivity contribution in [1.29, 1.82) is 0 Å². The lowest BCUT2D eigenvalue weighted by atomic mass is 10.2. The summed E-state index contributed by atoms with van der Waals surface area (Å²) in [5.41, 5.74) is 1.11. The number of para-hydroxylation sites is 1. The number of allylic oxidation sites excluding steroid dienone is 3. The van der Waals surface area contributed by atoms with Gasteiger partial charge in [0.15, 0.2) is 0 Å². The van der Waals surface area contributed by atoms with Crippen LogP contribution in [-0.4, -0.2) is 14.3 Å². The van der Waals surface area contributed by atoms with Gasteiger partial charge in [-0.05, 0) is 30.7 Å². The van der Waals surface area contributed by atoms with Crippen LogP contribution < -0.4 is 10.0 Å². The third kappa shape index (κ3) is 5.61. The fourth-order valence-corrected chi connectivity index (χ4v) is 3.19. The minimum absolute atomic E-state index is 0.183. The normalized spacial score (nSPS) is 11.7. The van der Waals surface area contributed by atoms with Gasteiger partial charge in [-0.1, -0.05) is 54.6 Å². The van der Waals surface area contributed by atoms with Gasteiger partial charge in [-0.25, -0.2) is 8.42 Å². The highest BCUT2D eigenvalue weighted by Gasteiger charge is 2.15. The molecule has 1 amide bonds. The number of rotatable bonds is 7. The molecule has 130 valence electrons. The molecule has 0 bridgehead atoms. The molecule has 0 saturated carbocycles. The molecule has 0 heterocycles. The van der Waals surface area contributed by atoms with E-state index in [2.05, 4.69) is 10.0 Å². The molecule has 0 fully saturated rings. The van der Waals surface area contributed by atoms with E-state index in [0.717, 1.165) is 0 Å². The third-order valence-electron chi connectivity index (χ3n) is 3.32. The molecule has 2 N–H and O–H groups in total. The molecule has 5 nitrogen and oxygen atoms in total. The summed E-state index contributed by atoms with van der Waals surface area (Å²) in [4.78, 5) is 11.9. The minimum atomic E-state index is -3.68. The molecule has 0 unspecified atom stereocenters. The van der Waals surface area contributed by atoms with Gasteiger partial charge in [0.2, 0.25) is 5.91 Å². The monoisotopic (exact) mass is 356 g/mol. The lowest BCUT2D eigenvalue weighted by Gasteiger charge is -2.13. The molecule has 0 saturated heterocycles. The van der Waals surface area contributed by atoms with Gasteiger partial charge in [0.25, 0.3) is 10.0 Å². The zero-order valence-corrected chi connectivity index (χ0v) is 14.7. The van der Waals surface area contributed by atoms with E-state index in [4.69, 9.17) is 0 Å². The first-order valence-corrected chi connectivity index (χ1v) is 9.24. The maximum Gasteiger partial charge on any atom is 0.261 e. The number of amides is 1. The fourth-order valence-electron chi connectivity index (χ4n) is 2.07. The van der Waals surface area contributed by atoms with E-state index in [-0.39, 0.29) is 17.3 Å². The maximum absolute atomic E-state index is 12.4. The number of anilines is 1. The summed E-state index contributed by atoms with van der Waals surface area (Å²) in [6, 6.07) is 15.1. The van der Waals surface area contributed by atoms with Crippen LogP contribution in [-0.2, 0) is 21.4 Å². The van der Waals surface area contributed by atoms with Crippen LogP contribution in [0.5, 0.6) is 0 Å². The maximum atomic E-state index is 12.4. The van der Waals surface area contributed by atoms with Gasteiger partial charge in [0.05, 0.1) is 10.6 Å². The van der Waals surface area contributed by atoms with Gasteiger partial charge in [-0.2, -0.15) is 0 Å². The van der Waals surface area contributed by atoms with E-state index >= 15 is 0 Å². The van der Waals surface area contributed by atoms with Crippen LogP contribution in [0.25, 0.3) is 0 Å². The second kappa shape index (κ2) is 8.84. The highest BCUT2D eigenvalue weighted by atomic mass is 32.2. The minimum Gasteiger partial charge on any atom is -0.348 e. The number of nitrogens with one attached hydrogen (secondary N) is 2. The predicted molar refractivity (Wildman–Crippen MR) is 99.5 cm³/mol. The molecular formula is C19H20N2O3S. The summed E-state index contributed by atoms with van der Waals surface area (Å²) in [6.07, 6.45) is 6.62. The Morgan fingerprint density at radius 2 is 1.68 bits per heavy atom. The van der Waals surface area contributed by atoms with E-state index in [1.807, 2.05) is 13.0 Å². The lowest BCUT2D eigenvalue weighted by molar-refractivity contribution is -0.116. The third-order valence-corrected chi connectivity index (χ3v) is 4.70. The Balaban J connectivity index is 2.12. The number of benzene rings is 2. The van der Waals surface area contributed by atoms with Crippen LogP contribution in [0.4, 0.5) is 5.69 Å². The molecule has 0 radical (unpaired) electrons. The Labute approximate surface area is 148 Å². The van der Waals surface area contributed by atoms with Crippen molar-refractivity contribution in [1.82, 2.24) is 5.32 Å². The summed E-state index contributed by atoms with van der Waals surface area (Å²) in [5, 5.41) is 2.73. The summed E-state index contributed by atoms with van der Waals surface area (Å²) in [5.74, 6) is -0.251. The van der Waals surface area contributed by atoms with E-state index < -0.39 is 10.0 Å². The molecule has 2 rings (SSSR count). The van der Waals surface area contributed by atoms with Gasteiger partial charge in [0.1, 0.15) is 0 Å². The fraction of sp³-hybridized carbons (Fsp3) is 0.105. The summed E-state index contributed by atoms with van der Waals surface area (Å²) in [7, 11) is -3.68. The number of carbonyl (C=O) groups is 1. The topological polar surface area (TPSA) is 75.3 Å². The van der Waals surface area contributed by atoms with Crippen LogP contribution in [0.2, 0.25) is 0 Å². The largest absolute Gasteiger partial charge is 0.348 e. The predicted octanol–water partition coefficient (Wildman–Crippen LogP) is 3.24. The Morgan fingerprint density at radius 3 is 2.40 bits per heavy atom. The van der Waals surface area contributed by atoms with Crippen molar-refractivity contribution in [2.75, 3.05) is 4.72 Å². The first-order chi connectivity index (χ1) is 12.0. The Kier molecular flexibility index (Phi) is 6.54. The molecule has 0 aromatic heterocycles. The van der Waals surface area contributed by atoms with Gasteiger partial charge in [-0.15, -0.1) is 0 Å². The van der Waals surface area contributed by atoms with Crippen molar-refractivity contribution in [3.05, 3.63) is 84.5 Å². The van der Waals surface area contributed by atoms with Crippen molar-refractivity contribution in [3.8, 4) is 0 Å². The Hall–Kier alpha value is -2.86. The quantitative estimate of drug-likeness (QED) is 0.591. The molecule has 0 atom stereocenters. The lowest BCUT2D eigenvalue weighted by Crippen LogP contribution is -2.22. The first kappa shape index (κ1) is 18.5. The molecule has 2 aromatic rings. The van der Waals surface area contributed by atoms with Crippen LogP contribution in [0.3, 0.4) is 0 Å². The van der Waals surface area contributed by atoms with Crippen molar-refractivity contribution in [2.24, 2.45) is 0 Å². The zero-order chi connectivity index (χ0) is 18.1. The molecular weight excluding hydrogens is 336 g/mol. The standard InChI is InChI=1S/C19H20N2O3S/c1-2-3-5-14-19(22)20-15-16-10-8-9-13-18(16)21-25(23,24)17-11-6-4-7-12-17/h2-14,21H,15H2,1H3,(H,20,22). The first-order valence-electron chi connectivity index (χ1n) is 7.76. The number of hydrogen-bond donors (Lipinski definition) is 2. The van der Waals surface area contributed by atoms with Gasteiger partial charge >= 0.3 is 0 Å². The number of sulfonamides is 1. The highest BCUT2D eigenvalue weighted by molar-refractivity contribution is 7.92. The molecule has 0 aliphatic rings. The second-order valence-electron chi connectivity index (χ2n) is 5.18. The average Bonchev–Trinajstić information content (AvgIpc) is 2.62. The summed E-state index contributed by atoms with van der Waals surface area (Å²) < 4.78 is 27.5. The molecule has 2 aromatic carbocycles. The molecule has 6 heteroatoms. The summed E-state index contributed by atoms with van der Waals surface area (Å²) in [6.45, 7) is 2.07. The van der Waals surface area contributed by atoms with Crippen molar-refractivity contribution in [2.45, 2.75) is 18.4 Å². The van der Waals surface area contributed by atoms with E-state index in [9.17, 15) is 13.2 Å². The number of carbonyl (C=O) groups excluding carboxylic acids is 1. The SMILES string of the molecule is CC=CC=CC(=O)NCc1ccccc1NS(=O)(=O)c1ccccc1. The Morgan fingerprint density at radius 1 is 1.00 bits per heavy atom. The molecule has 25 heavy (non-hydrogen) atoms. The average molecular weight is 356 g/mol. The van der Waals surface area contributed by atoms with E-state index in [0.29, 0.717) is 11.3 Å². The Bertz CT molecular complexity index is 873. The van der Waals surface area contributed by atoms with Crippen molar-refractivity contribution < 1.29 is 13.2 Å². The van der Waals surface area contributed by atoms with E-state index in [1.54, 1.807) is 54.6 Å². The van der Waals surface area contributed by atoms with Gasteiger partial charge in [0, 0.05) is 12.6 Å². The zero-order valence-electron chi connectivity index (χ0n) is 13.8. The van der Waals surface area contributed by atoms with Crippen LogP contribution >= 0.6 is 0 Å². The molecule has 0 aliphatic heterocycles. The number of hydrogen-bond acceptors (Lipinski definition) is 3. The van der Waals surface area contributed by atoms with Crippen molar-refractivity contribution in [3.63, 3.8) is 0 Å². The van der Waals surface area contributed by atoms with Crippen LogP contribution in [0.15, 0.2) is 83.8 Å². The van der Waals surface area contributed by atoms with Gasteiger partial charge in [-0.3, -0.25) is 9.52 Å². The van der Waals surface area contributed by atoms with E-state index in [1.165, 1.54) is 18.2 Å².